The van der Waals surface area contributed by atoms with Gasteiger partial charge in [-0.05, 0) is 122 Å². The minimum Gasteiger partial charge on any atom is -0.456 e. The fourth-order valence-corrected chi connectivity index (χ4v) is 9.20. The van der Waals surface area contributed by atoms with Crippen LogP contribution >= 0.6 is 11.6 Å². The van der Waals surface area contributed by atoms with E-state index in [4.69, 9.17) is 38.6 Å². The molecule has 0 spiro atoms. The average molecular weight is 829 g/mol. The molecule has 0 amide bonds. The molecule has 6 nitrogen and oxygen atoms in total. The second-order valence-corrected chi connectivity index (χ2v) is 17.6. The monoisotopic (exact) mass is 828 g/mol. The first-order valence-electron chi connectivity index (χ1n) is 20.8. The van der Waals surface area contributed by atoms with Crippen molar-refractivity contribution in [3.8, 4) is 22.3 Å². The molecule has 0 N–H and O–H groups in total. The highest BCUT2D eigenvalue weighted by Crippen LogP contribution is 2.42. The van der Waals surface area contributed by atoms with Crippen LogP contribution < -0.4 is 5.46 Å². The molecule has 0 unspecified atom stereocenters. The molecule has 0 radical (unpaired) electrons. The molecule has 1 fully saturated rings. The Bertz CT molecular complexity index is 3740. The molecule has 1 aliphatic rings. The lowest BCUT2D eigenvalue weighted by molar-refractivity contribution is 0.00578. The van der Waals surface area contributed by atoms with Gasteiger partial charge in [0.2, 0.25) is 0 Å². The van der Waals surface area contributed by atoms with Crippen molar-refractivity contribution in [1.82, 2.24) is 0 Å². The van der Waals surface area contributed by atoms with Crippen LogP contribution in [0.15, 0.2) is 175 Å². The normalized spacial score (nSPS) is 15.0. The Hall–Kier alpha value is -6.77. The van der Waals surface area contributed by atoms with Crippen LogP contribution in [-0.4, -0.2) is 18.3 Å². The highest BCUT2D eigenvalue weighted by Gasteiger charge is 2.51. The van der Waals surface area contributed by atoms with E-state index in [0.717, 1.165) is 115 Å². The Morgan fingerprint density at radius 2 is 0.790 bits per heavy atom. The first-order chi connectivity index (χ1) is 30.1. The van der Waals surface area contributed by atoms with Crippen molar-refractivity contribution in [2.45, 2.75) is 38.9 Å². The Balaban J connectivity index is 0.000000137. The second-order valence-electron chi connectivity index (χ2n) is 17.2. The van der Waals surface area contributed by atoms with E-state index in [1.54, 1.807) is 0 Å². The summed E-state index contributed by atoms with van der Waals surface area (Å²) in [7, 11) is -0.417. The number of rotatable bonds is 3. The maximum absolute atomic E-state index is 6.37. The summed E-state index contributed by atoms with van der Waals surface area (Å²) in [6.45, 7) is 8.27. The van der Waals surface area contributed by atoms with Crippen molar-refractivity contribution in [2.75, 3.05) is 0 Å². The topological polar surface area (TPSA) is 71.0 Å². The summed E-state index contributed by atoms with van der Waals surface area (Å²) in [6.07, 6.45) is 0. The Morgan fingerprint density at radius 1 is 0.371 bits per heavy atom. The third kappa shape index (κ3) is 5.80. The summed E-state index contributed by atoms with van der Waals surface area (Å²) in [5.41, 5.74) is 11.6. The van der Waals surface area contributed by atoms with E-state index in [-0.39, 0.29) is 11.2 Å². The first kappa shape index (κ1) is 37.0. The molecule has 13 rings (SSSR count). The number of furan rings is 4. The third-order valence-corrected chi connectivity index (χ3v) is 13.1. The Morgan fingerprint density at radius 3 is 1.32 bits per heavy atom. The van der Waals surface area contributed by atoms with Gasteiger partial charge in [0, 0.05) is 54.2 Å². The van der Waals surface area contributed by atoms with Crippen LogP contribution in [0.3, 0.4) is 0 Å². The van der Waals surface area contributed by atoms with Crippen molar-refractivity contribution >= 4 is 112 Å². The van der Waals surface area contributed by atoms with Gasteiger partial charge in [-0.15, -0.1) is 0 Å². The molecule has 0 bridgehead atoms. The van der Waals surface area contributed by atoms with Crippen molar-refractivity contribution in [3.63, 3.8) is 0 Å². The molecule has 8 aromatic carbocycles. The van der Waals surface area contributed by atoms with Gasteiger partial charge < -0.3 is 27.0 Å². The van der Waals surface area contributed by atoms with Crippen molar-refractivity contribution in [1.29, 1.82) is 0 Å². The Labute approximate surface area is 361 Å². The van der Waals surface area contributed by atoms with Crippen molar-refractivity contribution in [3.05, 3.63) is 163 Å². The van der Waals surface area contributed by atoms with E-state index in [2.05, 4.69) is 100 Å². The number of benzene rings is 8. The predicted molar refractivity (Wildman–Crippen MR) is 254 cm³/mol. The largest absolute Gasteiger partial charge is 0.494 e. The zero-order valence-electron chi connectivity index (χ0n) is 34.4. The maximum atomic E-state index is 6.37. The van der Waals surface area contributed by atoms with Gasteiger partial charge in [0.25, 0.3) is 0 Å². The van der Waals surface area contributed by atoms with Gasteiger partial charge in [-0.3, -0.25) is 0 Å². The van der Waals surface area contributed by atoms with E-state index in [9.17, 15) is 0 Å². The summed E-state index contributed by atoms with van der Waals surface area (Å²) < 4.78 is 37.0. The second kappa shape index (κ2) is 13.6. The molecular weight excluding hydrogens is 791 g/mol. The van der Waals surface area contributed by atoms with Crippen LogP contribution in [-0.2, 0) is 9.31 Å². The fourth-order valence-electron chi connectivity index (χ4n) is 9.04. The van der Waals surface area contributed by atoms with Gasteiger partial charge in [0.1, 0.15) is 44.7 Å². The van der Waals surface area contributed by atoms with Gasteiger partial charge in [0.15, 0.2) is 0 Å². The third-order valence-electron chi connectivity index (χ3n) is 12.9. The summed E-state index contributed by atoms with van der Waals surface area (Å²) >= 11 is 6.11. The summed E-state index contributed by atoms with van der Waals surface area (Å²) in [6, 6.07) is 53.5. The summed E-state index contributed by atoms with van der Waals surface area (Å²) in [5.74, 6) is 0. The van der Waals surface area contributed by atoms with E-state index in [1.165, 1.54) is 0 Å². The first-order valence-corrected chi connectivity index (χ1v) is 21.2. The van der Waals surface area contributed by atoms with Crippen LogP contribution in [0, 0.1) is 0 Å². The van der Waals surface area contributed by atoms with Crippen molar-refractivity contribution < 1.29 is 27.0 Å². The summed E-state index contributed by atoms with van der Waals surface area (Å²) in [4.78, 5) is 0. The molecule has 5 heterocycles. The SMILES string of the molecule is CC1(C)OB(c2ccc3c(c2)oc2cc(-c4cccc5oc6ccccc6c45)ccc23)OC1(C)C.Clc1ccc2c(c1)oc1cc(-c3cccc4oc5ccccc5c34)ccc12. The molecule has 0 saturated carbocycles. The smallest absolute Gasteiger partial charge is 0.456 e. The molecule has 62 heavy (non-hydrogen) atoms. The lowest BCUT2D eigenvalue weighted by atomic mass is 9.79. The van der Waals surface area contributed by atoms with E-state index < -0.39 is 7.12 Å². The number of hydrogen-bond acceptors (Lipinski definition) is 6. The molecule has 12 aromatic rings. The van der Waals surface area contributed by atoms with Crippen LogP contribution in [0.25, 0.3) is 110 Å². The van der Waals surface area contributed by atoms with Gasteiger partial charge in [-0.1, -0.05) is 96.5 Å². The quantitative estimate of drug-likeness (QED) is 0.165. The molecular formula is C54H38BClO6. The molecule has 1 saturated heterocycles. The zero-order valence-corrected chi connectivity index (χ0v) is 35.2. The van der Waals surface area contributed by atoms with Gasteiger partial charge in [-0.25, -0.2) is 0 Å². The number of halogens is 1. The molecule has 0 atom stereocenters. The molecule has 4 aromatic heterocycles. The highest BCUT2D eigenvalue weighted by molar-refractivity contribution is 6.62. The standard InChI is InChI=1S/C30H25BO4.C24H13ClO2/c1-29(2)30(3,4)35-31(34-29)19-13-15-22-21-14-12-18(16-26(21)33-27(22)17-19)20-9-7-11-25-28(20)23-8-5-6-10-24(23)32-25;25-15-9-11-18-17-10-8-14(12-22(17)27-23(18)13-15)16-5-3-7-21-24(16)19-4-1-2-6-20(19)26-21/h5-17H,1-4H3;1-13H. The maximum Gasteiger partial charge on any atom is 0.494 e. The highest BCUT2D eigenvalue weighted by atomic mass is 35.5. The number of fused-ring (bicyclic) bond motifs is 12. The van der Waals surface area contributed by atoms with Gasteiger partial charge in [0.05, 0.1) is 11.2 Å². The lowest BCUT2D eigenvalue weighted by Gasteiger charge is -2.32. The number of para-hydroxylation sites is 2. The van der Waals surface area contributed by atoms with Crippen LogP contribution in [0.2, 0.25) is 5.02 Å². The molecule has 300 valence electrons. The predicted octanol–water partition coefficient (Wildman–Crippen LogP) is 15.3. The fraction of sp³-hybridized carbons (Fsp3) is 0.111. The van der Waals surface area contributed by atoms with E-state index in [0.29, 0.717) is 5.02 Å². The number of hydrogen-bond donors (Lipinski definition) is 0. The molecule has 0 aliphatic carbocycles. The summed E-state index contributed by atoms with van der Waals surface area (Å²) in [5, 5.41) is 9.52. The van der Waals surface area contributed by atoms with Crippen molar-refractivity contribution in [2.24, 2.45) is 0 Å². The van der Waals surface area contributed by atoms with E-state index >= 15 is 0 Å². The van der Waals surface area contributed by atoms with Crippen LogP contribution in [0.1, 0.15) is 27.7 Å². The van der Waals surface area contributed by atoms with Gasteiger partial charge in [-0.2, -0.15) is 0 Å². The van der Waals surface area contributed by atoms with Gasteiger partial charge >= 0.3 is 7.12 Å². The molecule has 1 aliphatic heterocycles. The molecule has 8 heteroatoms. The minimum atomic E-state index is -0.417. The minimum absolute atomic E-state index is 0.381. The van der Waals surface area contributed by atoms with E-state index in [1.807, 2.05) is 84.9 Å². The van der Waals surface area contributed by atoms with Crippen LogP contribution in [0.5, 0.6) is 0 Å². The zero-order chi connectivity index (χ0) is 41.9. The van der Waals surface area contributed by atoms with Crippen LogP contribution in [0.4, 0.5) is 0 Å². The Kier molecular flexibility index (Phi) is 8.13. The lowest BCUT2D eigenvalue weighted by Crippen LogP contribution is -2.41. The average Bonchev–Trinajstić information content (AvgIpc) is 4.07.